The van der Waals surface area contributed by atoms with E-state index in [4.69, 9.17) is 9.84 Å². The van der Waals surface area contributed by atoms with Crippen LogP contribution in [0.3, 0.4) is 0 Å². The van der Waals surface area contributed by atoms with Crippen LogP contribution in [-0.4, -0.2) is 40.3 Å². The number of carbonyl (C=O) groups excluding carboxylic acids is 1. The summed E-state index contributed by atoms with van der Waals surface area (Å²) in [6.07, 6.45) is 1.50. The molecule has 1 amide bonds. The van der Waals surface area contributed by atoms with Gasteiger partial charge in [-0.15, -0.1) is 0 Å². The molecule has 0 saturated heterocycles. The number of ether oxygens (including phenoxy) is 1. The number of hydrogen-bond acceptors (Lipinski definition) is 4. The van der Waals surface area contributed by atoms with Gasteiger partial charge in [0.2, 0.25) is 0 Å². The fraction of sp³-hybridized carbons (Fsp3) is 0.857. The first-order valence-corrected chi connectivity index (χ1v) is 8.07. The van der Waals surface area contributed by atoms with E-state index in [0.717, 1.165) is 18.6 Å². The van der Waals surface area contributed by atoms with E-state index in [1.165, 1.54) is 0 Å². The highest BCUT2D eigenvalue weighted by Gasteiger charge is 2.23. The quantitative estimate of drug-likeness (QED) is 0.674. The van der Waals surface area contributed by atoms with E-state index in [1.807, 2.05) is 0 Å². The zero-order valence-corrected chi connectivity index (χ0v) is 13.9. The van der Waals surface area contributed by atoms with Gasteiger partial charge < -0.3 is 15.2 Å². The van der Waals surface area contributed by atoms with Crippen LogP contribution in [0.15, 0.2) is 0 Å². The largest absolute Gasteiger partial charge is 0.480 e. The molecule has 0 fully saturated rings. The highest BCUT2D eigenvalue weighted by Crippen LogP contribution is 2.12. The summed E-state index contributed by atoms with van der Waals surface area (Å²) in [5.41, 5.74) is -0.627. The number of amides is 1. The van der Waals surface area contributed by atoms with Crippen LogP contribution < -0.4 is 5.32 Å². The summed E-state index contributed by atoms with van der Waals surface area (Å²) in [4.78, 5) is 22.6. The molecule has 1 atom stereocenters. The molecule has 20 heavy (non-hydrogen) atoms. The Labute approximate surface area is 125 Å². The number of aliphatic carboxylic acids is 1. The molecule has 1 unspecified atom stereocenters. The highest BCUT2D eigenvalue weighted by molar-refractivity contribution is 7.99. The average Bonchev–Trinajstić information content (AvgIpc) is 2.23. The first kappa shape index (κ1) is 19.1. The van der Waals surface area contributed by atoms with Gasteiger partial charge in [0, 0.05) is 5.75 Å². The molecule has 5 nitrogen and oxygen atoms in total. The van der Waals surface area contributed by atoms with Gasteiger partial charge in [-0.1, -0.05) is 20.3 Å². The van der Waals surface area contributed by atoms with Crippen molar-refractivity contribution in [2.24, 2.45) is 5.92 Å². The van der Waals surface area contributed by atoms with Crippen LogP contribution in [0.5, 0.6) is 0 Å². The van der Waals surface area contributed by atoms with Crippen molar-refractivity contribution in [2.75, 3.05) is 11.5 Å². The summed E-state index contributed by atoms with van der Waals surface area (Å²) >= 11 is 1.54. The molecule has 0 radical (unpaired) electrons. The van der Waals surface area contributed by atoms with Gasteiger partial charge >= 0.3 is 12.1 Å². The molecule has 0 aliphatic carbocycles. The van der Waals surface area contributed by atoms with E-state index in [0.29, 0.717) is 11.7 Å². The number of carboxylic acids is 1. The minimum absolute atomic E-state index is 0.354. The minimum atomic E-state index is -1.03. The molecule has 118 valence electrons. The number of carboxylic acid groups (broad SMARTS) is 1. The van der Waals surface area contributed by atoms with Crippen molar-refractivity contribution in [1.29, 1.82) is 0 Å². The lowest BCUT2D eigenvalue weighted by Gasteiger charge is -2.21. The van der Waals surface area contributed by atoms with Crippen molar-refractivity contribution in [3.05, 3.63) is 0 Å². The molecule has 0 aromatic rings. The molecular formula is C14H27NO4S. The van der Waals surface area contributed by atoms with Crippen molar-refractivity contribution in [3.8, 4) is 0 Å². The lowest BCUT2D eigenvalue weighted by Crippen LogP contribution is -2.45. The van der Waals surface area contributed by atoms with Crippen LogP contribution in [0, 0.1) is 5.92 Å². The maximum Gasteiger partial charge on any atom is 0.408 e. The standard InChI is InChI=1S/C14H27NO4S/c1-10(2)7-6-8-20-9-11(12(16)17)15-13(18)19-14(3,4)5/h10-11H,6-9H2,1-5H3,(H,15,18)(H,16,17). The van der Waals surface area contributed by atoms with E-state index >= 15 is 0 Å². The smallest absolute Gasteiger partial charge is 0.408 e. The second-order valence-corrected chi connectivity index (χ2v) is 7.30. The van der Waals surface area contributed by atoms with Gasteiger partial charge in [0.25, 0.3) is 0 Å². The third-order valence-corrected chi connectivity index (χ3v) is 3.49. The Bertz CT molecular complexity index is 313. The van der Waals surface area contributed by atoms with Crippen LogP contribution in [0.2, 0.25) is 0 Å². The molecule has 0 rings (SSSR count). The Kier molecular flexibility index (Phi) is 8.69. The molecule has 0 aliphatic rings. The van der Waals surface area contributed by atoms with Gasteiger partial charge in [0.15, 0.2) is 0 Å². The zero-order valence-electron chi connectivity index (χ0n) is 13.1. The number of rotatable bonds is 8. The number of carbonyl (C=O) groups is 2. The highest BCUT2D eigenvalue weighted by atomic mass is 32.2. The van der Waals surface area contributed by atoms with Crippen molar-refractivity contribution < 1.29 is 19.4 Å². The van der Waals surface area contributed by atoms with Crippen molar-refractivity contribution in [3.63, 3.8) is 0 Å². The molecule has 6 heteroatoms. The van der Waals surface area contributed by atoms with Gasteiger partial charge in [0.1, 0.15) is 11.6 Å². The van der Waals surface area contributed by atoms with Gasteiger partial charge in [0.05, 0.1) is 0 Å². The average molecular weight is 305 g/mol. The molecule has 0 heterocycles. The number of alkyl carbamates (subject to hydrolysis) is 1. The Balaban J connectivity index is 4.05. The van der Waals surface area contributed by atoms with Crippen LogP contribution in [0.1, 0.15) is 47.5 Å². The summed E-state index contributed by atoms with van der Waals surface area (Å²) in [6, 6.07) is -0.908. The normalized spacial score (nSPS) is 13.1. The molecule has 0 bridgehead atoms. The van der Waals surface area contributed by atoms with Crippen molar-refractivity contribution in [2.45, 2.75) is 59.1 Å². The fourth-order valence-electron chi connectivity index (χ4n) is 1.42. The molecule has 0 saturated carbocycles. The summed E-state index contributed by atoms with van der Waals surface area (Å²) in [5, 5.41) is 11.5. The summed E-state index contributed by atoms with van der Waals surface area (Å²) in [7, 11) is 0. The van der Waals surface area contributed by atoms with Gasteiger partial charge in [-0.25, -0.2) is 9.59 Å². The molecule has 0 aromatic carbocycles. The van der Waals surface area contributed by atoms with E-state index in [1.54, 1.807) is 32.5 Å². The summed E-state index contributed by atoms with van der Waals surface area (Å²) in [5.74, 6) is 0.878. The Morgan fingerprint density at radius 2 is 1.90 bits per heavy atom. The molecule has 2 N–H and O–H groups in total. The Morgan fingerprint density at radius 1 is 1.30 bits per heavy atom. The Morgan fingerprint density at radius 3 is 2.35 bits per heavy atom. The lowest BCUT2D eigenvalue weighted by atomic mass is 10.1. The number of nitrogens with one attached hydrogen (secondary N) is 1. The first-order chi connectivity index (χ1) is 9.11. The topological polar surface area (TPSA) is 75.6 Å². The maximum atomic E-state index is 11.5. The SMILES string of the molecule is CC(C)CCCSCC(NC(=O)OC(C)(C)C)C(=O)O. The lowest BCUT2D eigenvalue weighted by molar-refractivity contribution is -0.138. The van der Waals surface area contributed by atoms with Crippen LogP contribution in [0.4, 0.5) is 4.79 Å². The Hall–Kier alpha value is -0.910. The monoisotopic (exact) mass is 305 g/mol. The van der Waals surface area contributed by atoms with E-state index in [9.17, 15) is 9.59 Å². The summed E-state index contributed by atoms with van der Waals surface area (Å²) < 4.78 is 5.05. The zero-order chi connectivity index (χ0) is 15.8. The first-order valence-electron chi connectivity index (χ1n) is 6.92. The van der Waals surface area contributed by atoms with Crippen molar-refractivity contribution in [1.82, 2.24) is 5.32 Å². The maximum absolute atomic E-state index is 11.5. The van der Waals surface area contributed by atoms with Crippen molar-refractivity contribution >= 4 is 23.8 Å². The molecule has 0 aromatic heterocycles. The second kappa shape index (κ2) is 9.10. The minimum Gasteiger partial charge on any atom is -0.480 e. The third kappa shape index (κ3) is 11.0. The summed E-state index contributed by atoms with van der Waals surface area (Å²) in [6.45, 7) is 9.54. The van der Waals surface area contributed by atoms with Crippen LogP contribution in [0.25, 0.3) is 0 Å². The third-order valence-electron chi connectivity index (χ3n) is 2.34. The fourth-order valence-corrected chi connectivity index (χ4v) is 2.42. The van der Waals surface area contributed by atoms with E-state index in [2.05, 4.69) is 19.2 Å². The molecule has 0 aliphatic heterocycles. The predicted molar refractivity (Wildman–Crippen MR) is 82.2 cm³/mol. The number of hydrogen-bond donors (Lipinski definition) is 2. The van der Waals surface area contributed by atoms with Gasteiger partial charge in [-0.2, -0.15) is 11.8 Å². The predicted octanol–water partition coefficient (Wildman–Crippen LogP) is 3.13. The van der Waals surface area contributed by atoms with Gasteiger partial charge in [-0.05, 0) is 38.9 Å². The molecular weight excluding hydrogens is 278 g/mol. The van der Waals surface area contributed by atoms with Crippen LogP contribution >= 0.6 is 11.8 Å². The number of thioether (sulfide) groups is 1. The van der Waals surface area contributed by atoms with Crippen LogP contribution in [-0.2, 0) is 9.53 Å². The second-order valence-electron chi connectivity index (χ2n) is 6.15. The van der Waals surface area contributed by atoms with E-state index < -0.39 is 23.7 Å². The van der Waals surface area contributed by atoms with Gasteiger partial charge in [-0.3, -0.25) is 0 Å². The van der Waals surface area contributed by atoms with E-state index in [-0.39, 0.29) is 0 Å². The molecule has 0 spiro atoms.